The lowest BCUT2D eigenvalue weighted by molar-refractivity contribution is -0.161. The maximum absolute atomic E-state index is 12.6. The molecule has 0 spiro atoms. The van der Waals surface area contributed by atoms with Crippen LogP contribution in [-0.2, 0) is 32.7 Å². The van der Waals surface area contributed by atoms with Crippen molar-refractivity contribution in [1.82, 2.24) is 0 Å². The molecule has 0 aliphatic rings. The third-order valence-electron chi connectivity index (χ3n) is 8.84. The number of phosphoric acid groups is 1. The molecule has 1 unspecified atom stereocenters. The molecular weight excluding hydrogens is 665 g/mol. The van der Waals surface area contributed by atoms with Crippen LogP contribution < -0.4 is 5.73 Å². The summed E-state index contributed by atoms with van der Waals surface area (Å²) in [5, 5.41) is 0. The second-order valence-electron chi connectivity index (χ2n) is 13.9. The number of rotatable bonds is 39. The summed E-state index contributed by atoms with van der Waals surface area (Å²) < 4.78 is 32.7. The smallest absolute Gasteiger partial charge is 0.462 e. The zero-order valence-corrected chi connectivity index (χ0v) is 33.7. The number of allylic oxidation sites excluding steroid dienone is 4. The molecule has 0 aromatic heterocycles. The van der Waals surface area contributed by atoms with E-state index in [1.807, 2.05) is 0 Å². The zero-order chi connectivity index (χ0) is 37.5. The summed E-state index contributed by atoms with van der Waals surface area (Å²) in [6.45, 7) is 3.70. The Hall–Kier alpha value is -1.51. The van der Waals surface area contributed by atoms with Crippen molar-refractivity contribution < 1.29 is 37.6 Å². The SMILES string of the molecule is CCCCCC=CCC=CCCCCCCCCCCCC(=O)O[C@H](COC(=O)CCCCCCCCCCCCC)COP(=O)(O)OCCN. The van der Waals surface area contributed by atoms with Crippen LogP contribution in [0.1, 0.15) is 194 Å². The summed E-state index contributed by atoms with van der Waals surface area (Å²) >= 11 is 0. The fraction of sp³-hybridized carbons (Fsp3) is 0.854. The van der Waals surface area contributed by atoms with E-state index in [0.717, 1.165) is 51.4 Å². The number of carbonyl (C=O) groups excluding carboxylic acids is 2. The Bertz CT molecular complexity index is 897. The fourth-order valence-electron chi connectivity index (χ4n) is 5.72. The summed E-state index contributed by atoms with van der Waals surface area (Å²) in [7, 11) is -4.37. The van der Waals surface area contributed by atoms with Gasteiger partial charge in [0.2, 0.25) is 0 Å². The van der Waals surface area contributed by atoms with Gasteiger partial charge in [-0.05, 0) is 44.9 Å². The summed E-state index contributed by atoms with van der Waals surface area (Å²) in [5.41, 5.74) is 5.34. The number of carbonyl (C=O) groups is 2. The van der Waals surface area contributed by atoms with Gasteiger partial charge in [0.25, 0.3) is 0 Å². The molecule has 10 heteroatoms. The summed E-state index contributed by atoms with van der Waals surface area (Å²) in [5.74, 6) is -0.829. The van der Waals surface area contributed by atoms with Crippen LogP contribution in [0.15, 0.2) is 24.3 Å². The molecule has 0 radical (unpaired) electrons. The molecule has 3 N–H and O–H groups in total. The van der Waals surface area contributed by atoms with Crippen molar-refractivity contribution in [2.45, 2.75) is 200 Å². The second kappa shape index (κ2) is 38.2. The molecule has 300 valence electrons. The minimum atomic E-state index is -4.37. The van der Waals surface area contributed by atoms with Crippen LogP contribution in [0.5, 0.6) is 0 Å². The van der Waals surface area contributed by atoms with Crippen LogP contribution in [0, 0.1) is 0 Å². The molecule has 0 heterocycles. The first-order chi connectivity index (χ1) is 24.8. The molecule has 0 aromatic rings. The summed E-state index contributed by atoms with van der Waals surface area (Å²) in [6.07, 6.45) is 39.2. The van der Waals surface area contributed by atoms with Crippen molar-refractivity contribution >= 4 is 19.8 Å². The molecule has 0 amide bonds. The average Bonchev–Trinajstić information content (AvgIpc) is 3.11. The van der Waals surface area contributed by atoms with Gasteiger partial charge in [-0.15, -0.1) is 0 Å². The monoisotopic (exact) mass is 744 g/mol. The molecule has 9 nitrogen and oxygen atoms in total. The molecule has 0 aromatic carbocycles. The maximum Gasteiger partial charge on any atom is 0.472 e. The van der Waals surface area contributed by atoms with Gasteiger partial charge in [-0.1, -0.05) is 160 Å². The van der Waals surface area contributed by atoms with Crippen LogP contribution >= 0.6 is 7.82 Å². The third kappa shape index (κ3) is 38.0. The molecule has 2 atom stereocenters. The van der Waals surface area contributed by atoms with Crippen LogP contribution in [-0.4, -0.2) is 49.3 Å². The van der Waals surface area contributed by atoms with Crippen molar-refractivity contribution in [3.63, 3.8) is 0 Å². The molecule has 0 fully saturated rings. The Labute approximate surface area is 312 Å². The van der Waals surface area contributed by atoms with Gasteiger partial charge in [-0.25, -0.2) is 4.57 Å². The van der Waals surface area contributed by atoms with Gasteiger partial charge in [-0.3, -0.25) is 18.6 Å². The Balaban J connectivity index is 4.13. The van der Waals surface area contributed by atoms with E-state index in [-0.39, 0.29) is 38.6 Å². The Kier molecular flexibility index (Phi) is 37.1. The predicted molar refractivity (Wildman–Crippen MR) is 211 cm³/mol. The normalized spacial score (nSPS) is 13.6. The maximum atomic E-state index is 12.6. The minimum absolute atomic E-state index is 0.0541. The summed E-state index contributed by atoms with van der Waals surface area (Å²) in [4.78, 5) is 34.8. The van der Waals surface area contributed by atoms with Gasteiger partial charge < -0.3 is 20.1 Å². The van der Waals surface area contributed by atoms with Gasteiger partial charge >= 0.3 is 19.8 Å². The number of unbranched alkanes of at least 4 members (excludes halogenated alkanes) is 22. The fourth-order valence-corrected chi connectivity index (χ4v) is 6.49. The highest BCUT2D eigenvalue weighted by Gasteiger charge is 2.26. The minimum Gasteiger partial charge on any atom is -0.462 e. The zero-order valence-electron chi connectivity index (χ0n) is 32.8. The largest absolute Gasteiger partial charge is 0.472 e. The second-order valence-corrected chi connectivity index (χ2v) is 15.3. The first-order valence-electron chi connectivity index (χ1n) is 20.8. The van der Waals surface area contributed by atoms with E-state index in [1.54, 1.807) is 0 Å². The topological polar surface area (TPSA) is 134 Å². The molecule has 0 aliphatic carbocycles. The van der Waals surface area contributed by atoms with E-state index in [1.165, 1.54) is 109 Å². The van der Waals surface area contributed by atoms with E-state index in [4.69, 9.17) is 24.3 Å². The van der Waals surface area contributed by atoms with Crippen molar-refractivity contribution in [1.29, 1.82) is 0 Å². The first-order valence-corrected chi connectivity index (χ1v) is 22.3. The van der Waals surface area contributed by atoms with Crippen molar-refractivity contribution in [3.05, 3.63) is 24.3 Å². The molecule has 0 aliphatic heterocycles. The van der Waals surface area contributed by atoms with Crippen LogP contribution in [0.4, 0.5) is 0 Å². The van der Waals surface area contributed by atoms with Gasteiger partial charge in [0.1, 0.15) is 6.61 Å². The first kappa shape index (κ1) is 49.5. The number of hydrogen-bond donors (Lipinski definition) is 2. The highest BCUT2D eigenvalue weighted by molar-refractivity contribution is 7.47. The molecular formula is C41H78NO8P. The quantitative estimate of drug-likeness (QED) is 0.0273. The van der Waals surface area contributed by atoms with Crippen LogP contribution in [0.2, 0.25) is 0 Å². The van der Waals surface area contributed by atoms with Crippen molar-refractivity contribution in [2.24, 2.45) is 5.73 Å². The Morgan fingerprint density at radius 1 is 0.588 bits per heavy atom. The molecule has 51 heavy (non-hydrogen) atoms. The lowest BCUT2D eigenvalue weighted by Gasteiger charge is -2.19. The third-order valence-corrected chi connectivity index (χ3v) is 9.82. The molecule has 0 bridgehead atoms. The lowest BCUT2D eigenvalue weighted by atomic mass is 10.1. The Morgan fingerprint density at radius 2 is 1.02 bits per heavy atom. The van der Waals surface area contributed by atoms with Gasteiger partial charge in [0.15, 0.2) is 6.10 Å². The summed E-state index contributed by atoms with van der Waals surface area (Å²) in [6, 6.07) is 0. The predicted octanol–water partition coefficient (Wildman–Crippen LogP) is 11.6. The number of esters is 2. The van der Waals surface area contributed by atoms with Gasteiger partial charge in [0, 0.05) is 19.4 Å². The standard InChI is InChI=1S/C41H78NO8P/c1-3-5-7-9-11-13-15-16-17-18-19-20-21-22-24-26-28-30-32-34-41(44)50-39(38-49-51(45,46)48-36-35-42)37-47-40(43)33-31-29-27-25-23-14-12-10-8-6-4-2/h11,13,16-17,39H,3-10,12,14-15,18-38,42H2,1-2H3,(H,45,46)/t39-/m1/s1. The van der Waals surface area contributed by atoms with Crippen LogP contribution in [0.25, 0.3) is 0 Å². The van der Waals surface area contributed by atoms with E-state index in [9.17, 15) is 19.0 Å². The van der Waals surface area contributed by atoms with Crippen molar-refractivity contribution in [2.75, 3.05) is 26.4 Å². The molecule has 0 saturated heterocycles. The number of nitrogens with two attached hydrogens (primary N) is 1. The molecule has 0 saturated carbocycles. The highest BCUT2D eigenvalue weighted by atomic mass is 31.2. The lowest BCUT2D eigenvalue weighted by Crippen LogP contribution is -2.29. The number of hydrogen-bond acceptors (Lipinski definition) is 8. The molecule has 0 rings (SSSR count). The van der Waals surface area contributed by atoms with Crippen LogP contribution in [0.3, 0.4) is 0 Å². The average molecular weight is 744 g/mol. The van der Waals surface area contributed by atoms with Crippen molar-refractivity contribution in [3.8, 4) is 0 Å². The van der Waals surface area contributed by atoms with E-state index in [0.29, 0.717) is 6.42 Å². The number of ether oxygens (including phenoxy) is 2. The Morgan fingerprint density at radius 3 is 1.53 bits per heavy atom. The van der Waals surface area contributed by atoms with E-state index >= 15 is 0 Å². The van der Waals surface area contributed by atoms with Gasteiger partial charge in [0.05, 0.1) is 13.2 Å². The van der Waals surface area contributed by atoms with E-state index < -0.39 is 26.5 Å². The number of phosphoric ester groups is 1. The van der Waals surface area contributed by atoms with E-state index in [2.05, 4.69) is 38.2 Å². The highest BCUT2D eigenvalue weighted by Crippen LogP contribution is 2.43. The van der Waals surface area contributed by atoms with Gasteiger partial charge in [-0.2, -0.15) is 0 Å².